The summed E-state index contributed by atoms with van der Waals surface area (Å²) in [6.07, 6.45) is 2.50. The first-order chi connectivity index (χ1) is 9.01. The molecule has 4 heteroatoms. The van der Waals surface area contributed by atoms with Crippen LogP contribution < -0.4 is 10.4 Å². The number of hydrogen-bond donors (Lipinski definition) is 1. The Balaban J connectivity index is 2.57. The second-order valence-electron chi connectivity index (χ2n) is 4.61. The minimum absolute atomic E-state index is 0.0461. The number of hydrogen-bond acceptors (Lipinski definition) is 4. The lowest BCUT2D eigenvalue weighted by atomic mass is 10.1. The van der Waals surface area contributed by atoms with Crippen LogP contribution in [0.25, 0.3) is 11.0 Å². The van der Waals surface area contributed by atoms with E-state index in [-0.39, 0.29) is 11.4 Å². The molecule has 1 heterocycles. The van der Waals surface area contributed by atoms with Crippen LogP contribution >= 0.6 is 0 Å². The molecule has 0 spiro atoms. The Bertz CT molecular complexity index is 691. The first-order valence-electron chi connectivity index (χ1n) is 5.98. The molecule has 0 saturated heterocycles. The fourth-order valence-electron chi connectivity index (χ4n) is 1.80. The van der Waals surface area contributed by atoms with Crippen LogP contribution in [0.1, 0.15) is 19.4 Å². The Kier molecular flexibility index (Phi) is 3.60. The van der Waals surface area contributed by atoms with Gasteiger partial charge in [0, 0.05) is 17.0 Å². The number of ether oxygens (including phenoxy) is 1. The minimum atomic E-state index is -0.380. The highest BCUT2D eigenvalue weighted by molar-refractivity contribution is 5.81. The van der Waals surface area contributed by atoms with Crippen molar-refractivity contribution in [1.82, 2.24) is 0 Å². The van der Waals surface area contributed by atoms with Crippen molar-refractivity contribution >= 4 is 11.0 Å². The minimum Gasteiger partial charge on any atom is -0.504 e. The molecule has 4 nitrogen and oxygen atoms in total. The SMILES string of the molecule is COc1cc2cc(CC=C(C)C)c(=O)oc2cc1O. The van der Waals surface area contributed by atoms with Crippen molar-refractivity contribution in [2.45, 2.75) is 20.3 Å². The molecule has 0 aliphatic heterocycles. The van der Waals surface area contributed by atoms with Crippen molar-refractivity contribution < 1.29 is 14.3 Å². The molecule has 0 bridgehead atoms. The van der Waals surface area contributed by atoms with Crippen LogP contribution in [0.4, 0.5) is 0 Å². The van der Waals surface area contributed by atoms with E-state index in [0.717, 1.165) is 11.0 Å². The van der Waals surface area contributed by atoms with Crippen molar-refractivity contribution in [3.8, 4) is 11.5 Å². The van der Waals surface area contributed by atoms with Crippen LogP contribution in [-0.4, -0.2) is 12.2 Å². The van der Waals surface area contributed by atoms with Gasteiger partial charge in [0.05, 0.1) is 7.11 Å². The summed E-state index contributed by atoms with van der Waals surface area (Å²) < 4.78 is 10.2. The van der Waals surface area contributed by atoms with Crippen LogP contribution in [0.3, 0.4) is 0 Å². The molecule has 100 valence electrons. The van der Waals surface area contributed by atoms with Gasteiger partial charge < -0.3 is 14.3 Å². The van der Waals surface area contributed by atoms with E-state index < -0.39 is 0 Å². The smallest absolute Gasteiger partial charge is 0.339 e. The number of benzene rings is 1. The number of allylic oxidation sites excluding steroid dienone is 2. The fraction of sp³-hybridized carbons (Fsp3) is 0.267. The molecule has 0 atom stereocenters. The van der Waals surface area contributed by atoms with Gasteiger partial charge >= 0.3 is 5.63 Å². The van der Waals surface area contributed by atoms with Gasteiger partial charge in [0.2, 0.25) is 0 Å². The zero-order valence-corrected chi connectivity index (χ0v) is 11.2. The molecule has 0 aliphatic carbocycles. The third-order valence-corrected chi connectivity index (χ3v) is 2.84. The molecule has 1 N–H and O–H groups in total. The Morgan fingerprint density at radius 2 is 2.11 bits per heavy atom. The largest absolute Gasteiger partial charge is 0.504 e. The number of phenolic OH excluding ortho intramolecular Hbond substituents is 1. The lowest BCUT2D eigenvalue weighted by molar-refractivity contribution is 0.373. The molecule has 0 aliphatic rings. The van der Waals surface area contributed by atoms with Crippen LogP contribution in [0.2, 0.25) is 0 Å². The molecule has 0 radical (unpaired) electrons. The summed E-state index contributed by atoms with van der Waals surface area (Å²) in [7, 11) is 1.48. The van der Waals surface area contributed by atoms with Crippen molar-refractivity contribution in [1.29, 1.82) is 0 Å². The Morgan fingerprint density at radius 3 is 2.74 bits per heavy atom. The first-order valence-corrected chi connectivity index (χ1v) is 5.98. The van der Waals surface area contributed by atoms with Crippen LogP contribution in [0.15, 0.2) is 39.1 Å². The monoisotopic (exact) mass is 260 g/mol. The van der Waals surface area contributed by atoms with E-state index in [4.69, 9.17) is 9.15 Å². The summed E-state index contributed by atoms with van der Waals surface area (Å²) in [5, 5.41) is 10.4. The summed E-state index contributed by atoms with van der Waals surface area (Å²) in [6.45, 7) is 3.95. The highest BCUT2D eigenvalue weighted by atomic mass is 16.5. The van der Waals surface area contributed by atoms with Gasteiger partial charge in [-0.25, -0.2) is 4.79 Å². The average molecular weight is 260 g/mol. The lowest BCUT2D eigenvalue weighted by Gasteiger charge is -2.05. The van der Waals surface area contributed by atoms with Gasteiger partial charge in [-0.2, -0.15) is 0 Å². The molecule has 0 amide bonds. The third kappa shape index (κ3) is 2.78. The maximum atomic E-state index is 11.8. The molecular weight excluding hydrogens is 244 g/mol. The number of rotatable bonds is 3. The predicted molar refractivity (Wildman–Crippen MR) is 73.8 cm³/mol. The van der Waals surface area contributed by atoms with Crippen LogP contribution in [-0.2, 0) is 6.42 Å². The van der Waals surface area contributed by atoms with Gasteiger partial charge in [0.25, 0.3) is 0 Å². The van der Waals surface area contributed by atoms with Gasteiger partial charge in [0.1, 0.15) is 5.58 Å². The Hall–Kier alpha value is -2.23. The number of methoxy groups -OCH3 is 1. The van der Waals surface area contributed by atoms with E-state index in [9.17, 15) is 9.90 Å². The first kappa shape index (κ1) is 13.2. The molecular formula is C15H16O4. The fourth-order valence-corrected chi connectivity index (χ4v) is 1.80. The molecule has 0 fully saturated rings. The maximum absolute atomic E-state index is 11.8. The van der Waals surface area contributed by atoms with Gasteiger partial charge in [-0.15, -0.1) is 0 Å². The van der Waals surface area contributed by atoms with E-state index in [1.165, 1.54) is 13.2 Å². The van der Waals surface area contributed by atoms with Crippen molar-refractivity contribution in [2.75, 3.05) is 7.11 Å². The molecule has 1 aromatic carbocycles. The number of aromatic hydroxyl groups is 1. The molecule has 19 heavy (non-hydrogen) atoms. The molecule has 2 aromatic rings. The molecule has 0 unspecified atom stereocenters. The molecule has 1 aromatic heterocycles. The van der Waals surface area contributed by atoms with E-state index >= 15 is 0 Å². The number of phenols is 1. The van der Waals surface area contributed by atoms with E-state index in [0.29, 0.717) is 23.3 Å². The Morgan fingerprint density at radius 1 is 1.37 bits per heavy atom. The van der Waals surface area contributed by atoms with Crippen LogP contribution in [0.5, 0.6) is 11.5 Å². The van der Waals surface area contributed by atoms with Crippen LogP contribution in [0, 0.1) is 0 Å². The highest BCUT2D eigenvalue weighted by Crippen LogP contribution is 2.30. The van der Waals surface area contributed by atoms with Gasteiger partial charge in [0.15, 0.2) is 11.5 Å². The van der Waals surface area contributed by atoms with E-state index in [2.05, 4.69) is 0 Å². The maximum Gasteiger partial charge on any atom is 0.339 e. The normalized spacial score (nSPS) is 10.5. The predicted octanol–water partition coefficient (Wildman–Crippen LogP) is 3.02. The molecule has 0 saturated carbocycles. The van der Waals surface area contributed by atoms with Crippen molar-refractivity contribution in [3.63, 3.8) is 0 Å². The second-order valence-corrected chi connectivity index (χ2v) is 4.61. The highest BCUT2D eigenvalue weighted by Gasteiger charge is 2.09. The summed E-state index contributed by atoms with van der Waals surface area (Å²) in [6, 6.07) is 4.81. The standard InChI is InChI=1S/C15H16O4/c1-9(2)4-5-10-6-11-7-14(18-3)12(16)8-13(11)19-15(10)17/h4,6-8,16H,5H2,1-3H3. The average Bonchev–Trinajstić information content (AvgIpc) is 2.35. The molecule has 2 rings (SSSR count). The second kappa shape index (κ2) is 5.18. The number of fused-ring (bicyclic) bond motifs is 1. The summed E-state index contributed by atoms with van der Waals surface area (Å²) in [5.74, 6) is 0.310. The third-order valence-electron chi connectivity index (χ3n) is 2.84. The van der Waals surface area contributed by atoms with Gasteiger partial charge in [-0.3, -0.25) is 0 Å². The van der Waals surface area contributed by atoms with Crippen molar-refractivity contribution in [2.24, 2.45) is 0 Å². The zero-order valence-electron chi connectivity index (χ0n) is 11.2. The Labute approximate surface area is 110 Å². The lowest BCUT2D eigenvalue weighted by Crippen LogP contribution is -2.06. The van der Waals surface area contributed by atoms with Gasteiger partial charge in [-0.05, 0) is 32.4 Å². The van der Waals surface area contributed by atoms with Crippen molar-refractivity contribution in [3.05, 3.63) is 45.8 Å². The summed E-state index contributed by atoms with van der Waals surface area (Å²) >= 11 is 0. The van der Waals surface area contributed by atoms with E-state index in [1.807, 2.05) is 19.9 Å². The summed E-state index contributed by atoms with van der Waals surface area (Å²) in [5.41, 5.74) is 1.70. The quantitative estimate of drug-likeness (QED) is 0.680. The summed E-state index contributed by atoms with van der Waals surface area (Å²) in [4.78, 5) is 11.8. The zero-order chi connectivity index (χ0) is 14.0. The van der Waals surface area contributed by atoms with E-state index in [1.54, 1.807) is 12.1 Å². The van der Waals surface area contributed by atoms with Gasteiger partial charge in [-0.1, -0.05) is 11.6 Å². The topological polar surface area (TPSA) is 59.7 Å².